The van der Waals surface area contributed by atoms with Gasteiger partial charge in [0.15, 0.2) is 10.8 Å². The predicted molar refractivity (Wildman–Crippen MR) is 90.7 cm³/mol. The van der Waals surface area contributed by atoms with Crippen LogP contribution in [0.3, 0.4) is 0 Å². The Morgan fingerprint density at radius 2 is 1.93 bits per heavy atom. The van der Waals surface area contributed by atoms with Gasteiger partial charge in [-0.3, -0.25) is 9.59 Å². The Kier molecular flexibility index (Phi) is 5.57. The van der Waals surface area contributed by atoms with Crippen molar-refractivity contribution >= 4 is 28.3 Å². The number of likely N-dealkylation sites (tertiary alicyclic amines) is 1. The van der Waals surface area contributed by atoms with E-state index >= 15 is 0 Å². The van der Waals surface area contributed by atoms with E-state index in [0.717, 1.165) is 17.5 Å². The summed E-state index contributed by atoms with van der Waals surface area (Å²) >= 11 is 0.604. The van der Waals surface area contributed by atoms with Crippen LogP contribution in [0.25, 0.3) is 0 Å². The van der Waals surface area contributed by atoms with E-state index in [1.54, 1.807) is 0 Å². The molecule has 0 aliphatic carbocycles. The molecule has 2 aromatic rings. The molecule has 3 rings (SSSR count). The molecule has 0 radical (unpaired) electrons. The number of hydrogen-bond donors (Lipinski definition) is 1. The predicted octanol–water partition coefficient (Wildman–Crippen LogP) is 4.17. The number of carbonyl (C=O) groups excluding carboxylic acids is 2. The van der Waals surface area contributed by atoms with Crippen LogP contribution in [0.2, 0.25) is 0 Å². The van der Waals surface area contributed by atoms with E-state index in [2.05, 4.69) is 10.3 Å². The van der Waals surface area contributed by atoms with Crippen LogP contribution in [0.4, 0.5) is 31.5 Å². The number of rotatable bonds is 4. The van der Waals surface area contributed by atoms with Crippen molar-refractivity contribution in [3.05, 3.63) is 46.5 Å². The summed E-state index contributed by atoms with van der Waals surface area (Å²) < 4.78 is 76.1. The largest absolute Gasteiger partial charge is 0.434 e. The lowest BCUT2D eigenvalue weighted by Gasteiger charge is -2.17. The van der Waals surface area contributed by atoms with Crippen LogP contribution in [0.5, 0.6) is 0 Å². The van der Waals surface area contributed by atoms with Crippen molar-refractivity contribution in [1.82, 2.24) is 9.88 Å². The van der Waals surface area contributed by atoms with Gasteiger partial charge in [-0.15, -0.1) is 11.3 Å². The number of amides is 2. The molecule has 1 saturated heterocycles. The maximum absolute atomic E-state index is 12.8. The Hall–Kier alpha value is -2.63. The molecule has 12 heteroatoms. The molecule has 1 N–H and O–H groups in total. The molecule has 2 amide bonds. The first-order valence-corrected chi connectivity index (χ1v) is 9.09. The number of anilines is 1. The monoisotopic (exact) mass is 437 g/mol. The number of nitrogens with one attached hydrogen (secondary N) is 1. The van der Waals surface area contributed by atoms with Crippen molar-refractivity contribution in [2.24, 2.45) is 5.92 Å². The maximum atomic E-state index is 12.8. The quantitative estimate of drug-likeness (QED) is 0.731. The van der Waals surface area contributed by atoms with Crippen molar-refractivity contribution in [2.45, 2.75) is 25.3 Å². The minimum absolute atomic E-state index is 0.0571. The minimum Gasteiger partial charge on any atom is -0.338 e. The number of halogens is 6. The van der Waals surface area contributed by atoms with Gasteiger partial charge in [-0.1, -0.05) is 12.1 Å². The van der Waals surface area contributed by atoms with E-state index in [0.29, 0.717) is 11.3 Å². The van der Waals surface area contributed by atoms with Crippen molar-refractivity contribution < 1.29 is 35.9 Å². The SMILES string of the molecule is O=C(Nc1nc(C(F)(F)F)cs1)C1CC(=O)N(Cc2cccc(C(F)(F)F)c2)C1. The number of thiazole rings is 1. The van der Waals surface area contributed by atoms with E-state index in [1.807, 2.05) is 0 Å². The summed E-state index contributed by atoms with van der Waals surface area (Å²) in [4.78, 5) is 28.9. The second-order valence-corrected chi connectivity index (χ2v) is 7.26. The highest BCUT2D eigenvalue weighted by molar-refractivity contribution is 7.13. The van der Waals surface area contributed by atoms with Gasteiger partial charge in [0, 0.05) is 24.9 Å². The highest BCUT2D eigenvalue weighted by atomic mass is 32.1. The first kappa shape index (κ1) is 21.1. The summed E-state index contributed by atoms with van der Waals surface area (Å²) in [6, 6.07) is 4.50. The number of hydrogen-bond acceptors (Lipinski definition) is 4. The lowest BCUT2D eigenvalue weighted by Crippen LogP contribution is -2.28. The molecule has 1 unspecified atom stereocenters. The molecule has 1 atom stereocenters. The number of aromatic nitrogens is 1. The fourth-order valence-corrected chi connectivity index (χ4v) is 3.56. The molecule has 0 saturated carbocycles. The van der Waals surface area contributed by atoms with E-state index in [-0.39, 0.29) is 30.2 Å². The van der Waals surface area contributed by atoms with Gasteiger partial charge in [-0.2, -0.15) is 26.3 Å². The minimum atomic E-state index is -4.63. The van der Waals surface area contributed by atoms with Gasteiger partial charge in [0.1, 0.15) is 0 Å². The van der Waals surface area contributed by atoms with Crippen molar-refractivity contribution in [1.29, 1.82) is 0 Å². The molecule has 0 bridgehead atoms. The van der Waals surface area contributed by atoms with Gasteiger partial charge < -0.3 is 10.2 Å². The zero-order valence-electron chi connectivity index (χ0n) is 14.5. The summed E-state index contributed by atoms with van der Waals surface area (Å²) in [7, 11) is 0. The number of nitrogens with zero attached hydrogens (tertiary/aromatic N) is 2. The fraction of sp³-hybridized carbons (Fsp3) is 0.353. The third kappa shape index (κ3) is 5.05. The molecule has 1 aliphatic rings. The van der Waals surface area contributed by atoms with Gasteiger partial charge in [-0.25, -0.2) is 4.98 Å². The Bertz CT molecular complexity index is 924. The van der Waals surface area contributed by atoms with Gasteiger partial charge in [0.25, 0.3) is 0 Å². The molecule has 156 valence electrons. The third-order valence-corrected chi connectivity index (χ3v) is 5.00. The summed E-state index contributed by atoms with van der Waals surface area (Å²) in [6.45, 7) is -0.166. The second-order valence-electron chi connectivity index (χ2n) is 6.40. The van der Waals surface area contributed by atoms with Gasteiger partial charge in [0.2, 0.25) is 11.8 Å². The van der Waals surface area contributed by atoms with Crippen molar-refractivity contribution in [3.8, 4) is 0 Å². The molecular weight excluding hydrogens is 424 g/mol. The normalized spacial score (nSPS) is 17.7. The third-order valence-electron chi connectivity index (χ3n) is 4.24. The number of alkyl halides is 6. The van der Waals surface area contributed by atoms with Crippen molar-refractivity contribution in [2.75, 3.05) is 11.9 Å². The van der Waals surface area contributed by atoms with Crippen LogP contribution in [0.15, 0.2) is 29.6 Å². The molecule has 1 fully saturated rings. The fourth-order valence-electron chi connectivity index (χ4n) is 2.84. The van der Waals surface area contributed by atoms with E-state index < -0.39 is 41.3 Å². The molecular formula is C17H13F6N3O2S. The summed E-state index contributed by atoms with van der Waals surface area (Å²) in [5.41, 5.74) is -1.73. The number of benzene rings is 1. The average molecular weight is 437 g/mol. The lowest BCUT2D eigenvalue weighted by molar-refractivity contribution is -0.140. The molecule has 1 aromatic heterocycles. The lowest BCUT2D eigenvalue weighted by atomic mass is 10.1. The van der Waals surface area contributed by atoms with Crippen LogP contribution in [-0.2, 0) is 28.5 Å². The van der Waals surface area contributed by atoms with Crippen LogP contribution < -0.4 is 5.32 Å². The van der Waals surface area contributed by atoms with E-state index in [4.69, 9.17) is 0 Å². The van der Waals surface area contributed by atoms with E-state index in [9.17, 15) is 35.9 Å². The first-order chi connectivity index (χ1) is 13.4. The summed E-state index contributed by atoms with van der Waals surface area (Å²) in [5.74, 6) is -1.95. The van der Waals surface area contributed by atoms with E-state index in [1.165, 1.54) is 17.0 Å². The maximum Gasteiger partial charge on any atom is 0.434 e. The molecule has 5 nitrogen and oxygen atoms in total. The van der Waals surface area contributed by atoms with Crippen LogP contribution in [0.1, 0.15) is 23.2 Å². The molecule has 0 spiro atoms. The first-order valence-electron chi connectivity index (χ1n) is 8.21. The standard InChI is InChI=1S/C17H13F6N3O2S/c18-16(19,20)11-3-1-2-9(4-11)6-26-7-10(5-13(26)27)14(28)25-15-24-12(8-29-15)17(21,22)23/h1-4,8,10H,5-7H2,(H,24,25,28). The summed E-state index contributed by atoms with van der Waals surface area (Å²) in [5, 5.41) is 2.77. The van der Waals surface area contributed by atoms with Crippen molar-refractivity contribution in [3.63, 3.8) is 0 Å². The second kappa shape index (κ2) is 7.65. The molecule has 1 aromatic carbocycles. The Balaban J connectivity index is 1.63. The van der Waals surface area contributed by atoms with Crippen LogP contribution >= 0.6 is 11.3 Å². The average Bonchev–Trinajstić information content (AvgIpc) is 3.22. The Morgan fingerprint density at radius 1 is 1.21 bits per heavy atom. The van der Waals surface area contributed by atoms with Crippen LogP contribution in [0, 0.1) is 5.92 Å². The van der Waals surface area contributed by atoms with Gasteiger partial charge in [0.05, 0.1) is 11.5 Å². The van der Waals surface area contributed by atoms with Gasteiger partial charge in [-0.05, 0) is 17.7 Å². The smallest absolute Gasteiger partial charge is 0.338 e. The molecule has 1 aliphatic heterocycles. The number of carbonyl (C=O) groups is 2. The van der Waals surface area contributed by atoms with Crippen LogP contribution in [-0.4, -0.2) is 28.2 Å². The Morgan fingerprint density at radius 3 is 2.55 bits per heavy atom. The van der Waals surface area contributed by atoms with Gasteiger partial charge >= 0.3 is 12.4 Å². The Labute approximate surface area is 164 Å². The molecule has 2 heterocycles. The topological polar surface area (TPSA) is 62.3 Å². The highest BCUT2D eigenvalue weighted by Gasteiger charge is 2.37. The zero-order valence-corrected chi connectivity index (χ0v) is 15.3. The highest BCUT2D eigenvalue weighted by Crippen LogP contribution is 2.33. The summed E-state index contributed by atoms with van der Waals surface area (Å²) in [6.07, 6.45) is -9.34. The molecule has 29 heavy (non-hydrogen) atoms. The zero-order chi connectivity index (χ0) is 21.4.